The van der Waals surface area contributed by atoms with Crippen LogP contribution in [0.4, 0.5) is 0 Å². The Kier molecular flexibility index (Phi) is 5.13. The Bertz CT molecular complexity index is 808. The Balaban J connectivity index is 1.73. The van der Waals surface area contributed by atoms with E-state index in [0.717, 1.165) is 0 Å². The topological polar surface area (TPSA) is 78.9 Å². The quantitative estimate of drug-likeness (QED) is 0.832. The van der Waals surface area contributed by atoms with Gasteiger partial charge in [0.05, 0.1) is 16.6 Å². The molecule has 1 atom stereocenters. The van der Waals surface area contributed by atoms with Gasteiger partial charge in [0.1, 0.15) is 12.6 Å². The van der Waals surface area contributed by atoms with Gasteiger partial charge in [-0.1, -0.05) is 47.5 Å². The molecule has 2 aromatic rings. The molecule has 1 heterocycles. The number of ether oxygens (including phenoxy) is 1. The summed E-state index contributed by atoms with van der Waals surface area (Å²) < 4.78 is 5.56. The van der Waals surface area contributed by atoms with Gasteiger partial charge in [0.15, 0.2) is 5.75 Å². The molecular weight excluding hydrogens is 367 g/mol. The molecule has 6 nitrogen and oxygen atoms in total. The van der Waals surface area contributed by atoms with E-state index in [4.69, 9.17) is 27.9 Å². The van der Waals surface area contributed by atoms with E-state index < -0.39 is 12.0 Å². The van der Waals surface area contributed by atoms with Crippen LogP contribution in [0.2, 0.25) is 10.0 Å². The summed E-state index contributed by atoms with van der Waals surface area (Å²) in [7, 11) is 0. The molecule has 0 spiro atoms. The summed E-state index contributed by atoms with van der Waals surface area (Å²) in [5.41, 5.74) is 3.50. The number of rotatable bonds is 5. The Morgan fingerprint density at radius 1 is 1.16 bits per heavy atom. The molecule has 8 heteroatoms. The van der Waals surface area contributed by atoms with Crippen molar-refractivity contribution in [2.75, 3.05) is 13.2 Å². The number of carboxylic acids is 1. The van der Waals surface area contributed by atoms with Gasteiger partial charge >= 0.3 is 5.97 Å². The first-order valence-corrected chi connectivity index (χ1v) is 8.21. The van der Waals surface area contributed by atoms with Crippen molar-refractivity contribution in [3.63, 3.8) is 0 Å². The molecule has 0 saturated heterocycles. The molecule has 1 unspecified atom stereocenters. The van der Waals surface area contributed by atoms with Gasteiger partial charge in [0.25, 0.3) is 5.91 Å². The molecule has 1 amide bonds. The maximum absolute atomic E-state index is 12.5. The zero-order chi connectivity index (χ0) is 18.0. The van der Waals surface area contributed by atoms with E-state index in [9.17, 15) is 14.7 Å². The number of carboxylic acid groups (broad SMARTS) is 1. The second-order valence-corrected chi connectivity index (χ2v) is 6.16. The van der Waals surface area contributed by atoms with Crippen molar-refractivity contribution in [1.29, 1.82) is 0 Å². The van der Waals surface area contributed by atoms with Gasteiger partial charge in [-0.3, -0.25) is 14.6 Å². The molecule has 25 heavy (non-hydrogen) atoms. The fraction of sp³-hybridized carbons (Fsp3) is 0.176. The molecule has 130 valence electrons. The lowest BCUT2D eigenvalue weighted by molar-refractivity contribution is -0.141. The summed E-state index contributed by atoms with van der Waals surface area (Å²) in [5, 5.41) is 11.3. The van der Waals surface area contributed by atoms with Gasteiger partial charge in [0.2, 0.25) is 0 Å². The van der Waals surface area contributed by atoms with Crippen LogP contribution in [-0.2, 0) is 4.79 Å². The van der Waals surface area contributed by atoms with E-state index in [1.165, 1.54) is 5.01 Å². The van der Waals surface area contributed by atoms with E-state index in [0.29, 0.717) is 26.9 Å². The Morgan fingerprint density at radius 3 is 2.52 bits per heavy atom. The van der Waals surface area contributed by atoms with Crippen molar-refractivity contribution < 1.29 is 19.4 Å². The number of nitrogens with zero attached hydrogens (tertiary/aromatic N) is 1. The van der Waals surface area contributed by atoms with Crippen molar-refractivity contribution in [3.05, 3.63) is 63.6 Å². The molecule has 1 aliphatic heterocycles. The number of carbonyl (C=O) groups excluding carboxylic acids is 1. The largest absolute Gasteiger partial charge is 0.489 e. The summed E-state index contributed by atoms with van der Waals surface area (Å²) >= 11 is 12.1. The van der Waals surface area contributed by atoms with Crippen LogP contribution in [0.5, 0.6) is 5.75 Å². The molecule has 1 aliphatic rings. The van der Waals surface area contributed by atoms with Gasteiger partial charge in [0, 0.05) is 5.56 Å². The van der Waals surface area contributed by atoms with Crippen molar-refractivity contribution in [2.45, 2.75) is 6.04 Å². The SMILES string of the molecule is O=C(O)C1NN(CCOc2c(Cl)cccc2Cl)C(=O)c2ccccc21. The monoisotopic (exact) mass is 380 g/mol. The summed E-state index contributed by atoms with van der Waals surface area (Å²) in [5.74, 6) is -1.06. The molecule has 0 saturated carbocycles. The zero-order valence-corrected chi connectivity index (χ0v) is 14.4. The standard InChI is InChI=1S/C17H14Cl2N2O4/c18-12-6-3-7-13(19)15(12)25-9-8-21-16(22)11-5-2-1-4-10(11)14(20-21)17(23)24/h1-7,14,20H,8-9H2,(H,23,24). The second-order valence-electron chi connectivity index (χ2n) is 5.34. The second kappa shape index (κ2) is 7.31. The van der Waals surface area contributed by atoms with Crippen molar-refractivity contribution in [3.8, 4) is 5.75 Å². The third-order valence-electron chi connectivity index (χ3n) is 3.76. The zero-order valence-electron chi connectivity index (χ0n) is 12.9. The van der Waals surface area contributed by atoms with Crippen LogP contribution < -0.4 is 10.2 Å². The van der Waals surface area contributed by atoms with E-state index in [1.54, 1.807) is 42.5 Å². The van der Waals surface area contributed by atoms with Crippen molar-refractivity contribution in [2.24, 2.45) is 0 Å². The van der Waals surface area contributed by atoms with Crippen LogP contribution in [0.3, 0.4) is 0 Å². The van der Waals surface area contributed by atoms with E-state index in [-0.39, 0.29) is 19.1 Å². The maximum atomic E-state index is 12.5. The number of amides is 1. The number of carbonyl (C=O) groups is 2. The normalized spacial score (nSPS) is 16.5. The Hall–Kier alpha value is -2.28. The average molecular weight is 381 g/mol. The van der Waals surface area contributed by atoms with Crippen LogP contribution in [-0.4, -0.2) is 35.1 Å². The third kappa shape index (κ3) is 3.56. The first kappa shape index (κ1) is 17.5. The maximum Gasteiger partial charge on any atom is 0.327 e. The lowest BCUT2D eigenvalue weighted by atomic mass is 9.98. The summed E-state index contributed by atoms with van der Waals surface area (Å²) in [4.78, 5) is 24.0. The van der Waals surface area contributed by atoms with Gasteiger partial charge in [-0.05, 0) is 23.8 Å². The number of hydrazine groups is 1. The highest BCUT2D eigenvalue weighted by Crippen LogP contribution is 2.32. The van der Waals surface area contributed by atoms with Crippen LogP contribution in [0, 0.1) is 0 Å². The fourth-order valence-electron chi connectivity index (χ4n) is 2.59. The van der Waals surface area contributed by atoms with E-state index in [2.05, 4.69) is 5.43 Å². The van der Waals surface area contributed by atoms with Gasteiger partial charge in [-0.15, -0.1) is 0 Å². The van der Waals surface area contributed by atoms with Gasteiger partial charge in [-0.2, -0.15) is 0 Å². The lowest BCUT2D eigenvalue weighted by Crippen LogP contribution is -2.52. The van der Waals surface area contributed by atoms with Crippen molar-refractivity contribution >= 4 is 35.1 Å². The first-order valence-electron chi connectivity index (χ1n) is 7.45. The van der Waals surface area contributed by atoms with Gasteiger partial charge < -0.3 is 9.84 Å². The molecule has 0 aliphatic carbocycles. The fourth-order valence-corrected chi connectivity index (χ4v) is 3.09. The molecule has 3 rings (SSSR count). The summed E-state index contributed by atoms with van der Waals surface area (Å²) in [6, 6.07) is 10.6. The minimum atomic E-state index is -1.07. The molecule has 2 N–H and O–H groups in total. The van der Waals surface area contributed by atoms with Crippen LogP contribution >= 0.6 is 23.2 Å². The molecule has 2 aromatic carbocycles. The highest BCUT2D eigenvalue weighted by Gasteiger charge is 2.34. The van der Waals surface area contributed by atoms with E-state index >= 15 is 0 Å². The third-order valence-corrected chi connectivity index (χ3v) is 4.35. The highest BCUT2D eigenvalue weighted by molar-refractivity contribution is 6.37. The number of para-hydroxylation sites is 1. The highest BCUT2D eigenvalue weighted by atomic mass is 35.5. The predicted octanol–water partition coefficient (Wildman–Crippen LogP) is 3.16. The number of hydrogen-bond acceptors (Lipinski definition) is 4. The molecule has 0 aromatic heterocycles. The number of nitrogens with one attached hydrogen (secondary N) is 1. The predicted molar refractivity (Wildman–Crippen MR) is 92.9 cm³/mol. The minimum Gasteiger partial charge on any atom is -0.489 e. The van der Waals surface area contributed by atoms with Crippen LogP contribution in [0.1, 0.15) is 22.0 Å². The number of fused-ring (bicyclic) bond motifs is 1. The molecule has 0 fully saturated rings. The number of benzene rings is 2. The minimum absolute atomic E-state index is 0.0939. The first-order chi connectivity index (χ1) is 12.0. The Morgan fingerprint density at radius 2 is 1.84 bits per heavy atom. The average Bonchev–Trinajstić information content (AvgIpc) is 2.59. The van der Waals surface area contributed by atoms with Gasteiger partial charge in [-0.25, -0.2) is 5.43 Å². The molecule has 0 bridgehead atoms. The smallest absolute Gasteiger partial charge is 0.327 e. The molecular formula is C17H14Cl2N2O4. The summed E-state index contributed by atoms with van der Waals surface area (Å²) in [6.45, 7) is 0.217. The molecule has 0 radical (unpaired) electrons. The Labute approximate surface area is 153 Å². The van der Waals surface area contributed by atoms with Crippen molar-refractivity contribution in [1.82, 2.24) is 10.4 Å². The van der Waals surface area contributed by atoms with Crippen LogP contribution in [0.25, 0.3) is 0 Å². The number of halogens is 2. The van der Waals surface area contributed by atoms with Crippen LogP contribution in [0.15, 0.2) is 42.5 Å². The van der Waals surface area contributed by atoms with E-state index in [1.807, 2.05) is 0 Å². The number of aliphatic carboxylic acids is 1. The summed E-state index contributed by atoms with van der Waals surface area (Å²) in [6.07, 6.45) is 0. The lowest BCUT2D eigenvalue weighted by Gasteiger charge is -2.33. The number of hydrogen-bond donors (Lipinski definition) is 2.